The van der Waals surface area contributed by atoms with Crippen molar-refractivity contribution < 1.29 is 43.0 Å². The molecule has 0 aliphatic carbocycles. The molecule has 0 fully saturated rings. The third-order valence-corrected chi connectivity index (χ3v) is 8.49. The summed E-state index contributed by atoms with van der Waals surface area (Å²) < 4.78 is 26.3. The molecular formula is C42H71O9P. The van der Waals surface area contributed by atoms with Crippen LogP contribution in [-0.4, -0.2) is 52.8 Å². The molecule has 9 nitrogen and oxygen atoms in total. The van der Waals surface area contributed by atoms with E-state index >= 15 is 0 Å². The van der Waals surface area contributed by atoms with Crippen molar-refractivity contribution in [1.29, 1.82) is 0 Å². The third kappa shape index (κ3) is 40.2. The van der Waals surface area contributed by atoms with Gasteiger partial charge in [-0.3, -0.25) is 14.1 Å². The molecule has 0 radical (unpaired) electrons. The molecule has 0 amide bonds. The van der Waals surface area contributed by atoms with Gasteiger partial charge in [-0.1, -0.05) is 125 Å². The average molecular weight is 751 g/mol. The molecule has 10 heteroatoms. The van der Waals surface area contributed by atoms with Gasteiger partial charge in [0.15, 0.2) is 6.10 Å². The minimum Gasteiger partial charge on any atom is -0.462 e. The molecule has 3 N–H and O–H groups in total. The second-order valence-corrected chi connectivity index (χ2v) is 14.2. The van der Waals surface area contributed by atoms with Gasteiger partial charge in [0.1, 0.15) is 6.61 Å². The van der Waals surface area contributed by atoms with Gasteiger partial charge in [0, 0.05) is 19.4 Å². The zero-order valence-corrected chi connectivity index (χ0v) is 33.0. The van der Waals surface area contributed by atoms with Gasteiger partial charge < -0.3 is 24.4 Å². The van der Waals surface area contributed by atoms with Gasteiger partial charge in [0.2, 0.25) is 0 Å². The first-order valence-corrected chi connectivity index (χ1v) is 21.4. The summed E-state index contributed by atoms with van der Waals surface area (Å²) in [7, 11) is -4.78. The van der Waals surface area contributed by atoms with Crippen LogP contribution in [0.2, 0.25) is 0 Å². The minimum absolute atomic E-state index is 0.176. The molecule has 0 spiro atoms. The number of allylic oxidation sites excluding steroid dienone is 12. The van der Waals surface area contributed by atoms with Gasteiger partial charge in [-0.25, -0.2) is 4.57 Å². The number of rotatable bonds is 36. The maximum atomic E-state index is 12.4. The first-order valence-electron chi connectivity index (χ1n) is 19.8. The van der Waals surface area contributed by atoms with E-state index in [2.05, 4.69) is 78.3 Å². The lowest BCUT2D eigenvalue weighted by atomic mass is 10.1. The largest absolute Gasteiger partial charge is 0.469 e. The maximum absolute atomic E-state index is 12.4. The van der Waals surface area contributed by atoms with Gasteiger partial charge in [-0.2, -0.15) is 0 Å². The van der Waals surface area contributed by atoms with Crippen molar-refractivity contribution in [2.24, 2.45) is 0 Å². The zero-order chi connectivity index (χ0) is 38.2. The highest BCUT2D eigenvalue weighted by Crippen LogP contribution is 2.36. The highest BCUT2D eigenvalue weighted by Gasteiger charge is 2.22. The second kappa shape index (κ2) is 38.2. The Hall–Kier alpha value is -2.55. The summed E-state index contributed by atoms with van der Waals surface area (Å²) in [5.74, 6) is -0.983. The highest BCUT2D eigenvalue weighted by atomic mass is 31.2. The van der Waals surface area contributed by atoms with Crippen LogP contribution in [0.3, 0.4) is 0 Å². The second-order valence-electron chi connectivity index (χ2n) is 13.0. The van der Waals surface area contributed by atoms with Crippen molar-refractivity contribution in [1.82, 2.24) is 0 Å². The summed E-state index contributed by atoms with van der Waals surface area (Å²) in [4.78, 5) is 42.7. The van der Waals surface area contributed by atoms with E-state index in [1.54, 1.807) is 0 Å². The van der Waals surface area contributed by atoms with Gasteiger partial charge in [-0.05, 0) is 89.9 Å². The van der Waals surface area contributed by atoms with Crippen molar-refractivity contribution in [3.8, 4) is 0 Å². The van der Waals surface area contributed by atoms with Crippen molar-refractivity contribution in [2.45, 2.75) is 161 Å². The average Bonchev–Trinajstić information content (AvgIpc) is 3.11. The minimum atomic E-state index is -4.78. The van der Waals surface area contributed by atoms with Crippen LogP contribution in [0.15, 0.2) is 72.9 Å². The van der Waals surface area contributed by atoms with E-state index in [4.69, 9.17) is 24.4 Å². The molecule has 0 aromatic heterocycles. The van der Waals surface area contributed by atoms with E-state index in [1.807, 2.05) is 6.08 Å². The molecule has 298 valence electrons. The number of carbonyl (C=O) groups excluding carboxylic acids is 2. The summed E-state index contributed by atoms with van der Waals surface area (Å²) in [5.41, 5.74) is 0. The quantitative estimate of drug-likeness (QED) is 0.0247. The molecule has 0 rings (SSSR count). The van der Waals surface area contributed by atoms with Crippen molar-refractivity contribution in [2.75, 3.05) is 19.8 Å². The number of phosphoric ester groups is 1. The van der Waals surface area contributed by atoms with Crippen LogP contribution < -0.4 is 0 Å². The van der Waals surface area contributed by atoms with E-state index in [-0.39, 0.29) is 26.1 Å². The lowest BCUT2D eigenvalue weighted by Crippen LogP contribution is -2.29. The number of carbonyl (C=O) groups is 2. The topological polar surface area (TPSA) is 140 Å². The number of esters is 2. The molecule has 0 saturated heterocycles. The van der Waals surface area contributed by atoms with E-state index in [0.717, 1.165) is 89.9 Å². The lowest BCUT2D eigenvalue weighted by molar-refractivity contribution is -0.161. The Morgan fingerprint density at radius 1 is 0.538 bits per heavy atom. The monoisotopic (exact) mass is 750 g/mol. The molecule has 0 aliphatic rings. The molecular weight excluding hydrogens is 679 g/mol. The summed E-state index contributed by atoms with van der Waals surface area (Å²) in [6.45, 7) is 1.60. The van der Waals surface area contributed by atoms with Crippen LogP contribution in [0.5, 0.6) is 0 Å². The van der Waals surface area contributed by atoms with E-state index in [1.165, 1.54) is 25.7 Å². The normalized spacial score (nSPS) is 13.2. The van der Waals surface area contributed by atoms with Crippen molar-refractivity contribution in [3.05, 3.63) is 72.9 Å². The third-order valence-electron chi connectivity index (χ3n) is 8.00. The first-order chi connectivity index (χ1) is 25.3. The van der Waals surface area contributed by atoms with Gasteiger partial charge >= 0.3 is 19.8 Å². The van der Waals surface area contributed by atoms with Gasteiger partial charge in [0.25, 0.3) is 0 Å². The number of ether oxygens (including phenoxy) is 2. The Bertz CT molecular complexity index is 1070. The summed E-state index contributed by atoms with van der Waals surface area (Å²) >= 11 is 0. The van der Waals surface area contributed by atoms with Gasteiger partial charge in [-0.15, -0.1) is 0 Å². The predicted molar refractivity (Wildman–Crippen MR) is 213 cm³/mol. The molecule has 0 aliphatic heterocycles. The Morgan fingerprint density at radius 3 is 1.46 bits per heavy atom. The van der Waals surface area contributed by atoms with Crippen molar-refractivity contribution >= 4 is 19.8 Å². The number of aliphatic hydroxyl groups is 1. The van der Waals surface area contributed by atoms with Crippen LogP contribution >= 0.6 is 7.82 Å². The number of phosphoric acid groups is 1. The molecule has 0 aromatic rings. The summed E-state index contributed by atoms with van der Waals surface area (Å²) in [5, 5.41) is 8.77. The zero-order valence-electron chi connectivity index (χ0n) is 32.1. The molecule has 52 heavy (non-hydrogen) atoms. The predicted octanol–water partition coefficient (Wildman–Crippen LogP) is 10.9. The number of unbranched alkanes of at least 4 members (excludes halogenated alkanes) is 13. The Kier molecular flexibility index (Phi) is 36.3. The lowest BCUT2D eigenvalue weighted by Gasteiger charge is -2.18. The van der Waals surface area contributed by atoms with Crippen LogP contribution in [0.25, 0.3) is 0 Å². The Labute approximate surface area is 315 Å². The molecule has 0 saturated carbocycles. The SMILES string of the molecule is CCCCC/C=C\C/C=C\CCCCCCCCC(=O)O[C@H](COC(=O)CCC/C=C\C/C=C\C/C=C\C/C=C\CCCCCO)COP(=O)(O)O. The van der Waals surface area contributed by atoms with Crippen LogP contribution in [0.1, 0.15) is 155 Å². The molecule has 0 heterocycles. The molecule has 0 bridgehead atoms. The standard InChI is InChI=1S/C42H71O9P/c1-2-3-4-5-6-7-8-9-10-14-18-21-24-27-30-33-36-42(45)51-40(39-50-52(46,47)48)38-49-41(44)35-32-29-26-23-20-17-15-12-11-13-16-19-22-25-28-31-34-37-43/h6-7,9-11,13,15,17,19,22-23,26,40,43H,2-5,8,12,14,16,18,20-21,24-25,27-39H2,1H3,(H2,46,47,48)/b7-6-,10-9-,13-11-,17-15-,22-19-,26-23-/t40-/m1/s1. The highest BCUT2D eigenvalue weighted by molar-refractivity contribution is 7.46. The van der Waals surface area contributed by atoms with Gasteiger partial charge in [0.05, 0.1) is 6.61 Å². The van der Waals surface area contributed by atoms with Crippen LogP contribution in [-0.2, 0) is 28.2 Å². The number of hydrogen-bond acceptors (Lipinski definition) is 7. The van der Waals surface area contributed by atoms with Crippen molar-refractivity contribution in [3.63, 3.8) is 0 Å². The Balaban J connectivity index is 4.07. The Morgan fingerprint density at radius 2 is 0.962 bits per heavy atom. The smallest absolute Gasteiger partial charge is 0.462 e. The molecule has 0 aromatic carbocycles. The fourth-order valence-electron chi connectivity index (χ4n) is 5.02. The maximum Gasteiger partial charge on any atom is 0.469 e. The fraction of sp³-hybridized carbons (Fsp3) is 0.667. The van der Waals surface area contributed by atoms with E-state index in [0.29, 0.717) is 19.3 Å². The molecule has 0 unspecified atom stereocenters. The van der Waals surface area contributed by atoms with Crippen LogP contribution in [0.4, 0.5) is 0 Å². The fourth-order valence-corrected chi connectivity index (χ4v) is 5.38. The van der Waals surface area contributed by atoms with E-state index in [9.17, 15) is 14.2 Å². The van der Waals surface area contributed by atoms with E-state index < -0.39 is 32.5 Å². The summed E-state index contributed by atoms with van der Waals surface area (Å²) in [6.07, 6.45) is 46.3. The first kappa shape index (κ1) is 49.5. The molecule has 1 atom stereocenters. The van der Waals surface area contributed by atoms with Crippen LogP contribution in [0, 0.1) is 0 Å². The number of hydrogen-bond donors (Lipinski definition) is 3. The summed E-state index contributed by atoms with van der Waals surface area (Å²) in [6, 6.07) is 0. The number of aliphatic hydroxyl groups excluding tert-OH is 1.